The highest BCUT2D eigenvalue weighted by atomic mass is 32.2. The Kier molecular flexibility index (Phi) is 11.7. The van der Waals surface area contributed by atoms with Crippen molar-refractivity contribution in [2.45, 2.75) is 81.6 Å². The zero-order valence-electron chi connectivity index (χ0n) is 32.2. The van der Waals surface area contributed by atoms with Crippen LogP contribution in [0, 0.1) is 23.0 Å². The number of hydrogen-bond acceptors (Lipinski definition) is 9. The maximum absolute atomic E-state index is 15.1. The molecule has 59 heavy (non-hydrogen) atoms. The van der Waals surface area contributed by atoms with E-state index in [0.717, 1.165) is 29.5 Å². The third-order valence-electron chi connectivity index (χ3n) is 11.8. The molecule has 314 valence electrons. The van der Waals surface area contributed by atoms with Crippen LogP contribution < -0.4 is 20.3 Å². The van der Waals surface area contributed by atoms with Crippen LogP contribution in [0.2, 0.25) is 0 Å². The molecule has 2 saturated heterocycles. The molecule has 1 spiro atoms. The molecule has 3 aliphatic rings. The average Bonchev–Trinajstić information content (AvgIpc) is 3.61. The summed E-state index contributed by atoms with van der Waals surface area (Å²) in [5.41, 5.74) is -1.11. The van der Waals surface area contributed by atoms with Crippen LogP contribution in [0.5, 0.6) is 11.5 Å². The molecule has 3 aromatic carbocycles. The Balaban J connectivity index is 0.997. The number of aromatic nitrogens is 2. The Bertz CT molecular complexity index is 2460. The Labute approximate surface area is 336 Å². The second kappa shape index (κ2) is 16.5. The van der Waals surface area contributed by atoms with Crippen LogP contribution in [0.3, 0.4) is 0 Å². The molecule has 3 fully saturated rings. The monoisotopic (exact) mass is 843 g/mol. The minimum absolute atomic E-state index is 0.0262. The number of nitrogens with zero attached hydrogens (tertiary/aromatic N) is 5. The molecule has 2 aliphatic heterocycles. The van der Waals surface area contributed by atoms with Crippen LogP contribution in [-0.4, -0.2) is 84.2 Å². The van der Waals surface area contributed by atoms with E-state index in [2.05, 4.69) is 14.6 Å². The highest BCUT2D eigenvalue weighted by molar-refractivity contribution is 7.90. The Morgan fingerprint density at radius 3 is 2.46 bits per heavy atom. The van der Waals surface area contributed by atoms with Crippen LogP contribution in [0.4, 0.5) is 33.3 Å². The molecular formula is C40H42F5N7O6S. The highest BCUT2D eigenvalue weighted by Crippen LogP contribution is 2.44. The van der Waals surface area contributed by atoms with Gasteiger partial charge >= 0.3 is 22.3 Å². The first kappa shape index (κ1) is 42.0. The van der Waals surface area contributed by atoms with Gasteiger partial charge in [0.2, 0.25) is 0 Å². The number of anilines is 2. The van der Waals surface area contributed by atoms with Crippen LogP contribution in [-0.2, 0) is 19.7 Å². The van der Waals surface area contributed by atoms with E-state index < -0.39 is 45.3 Å². The van der Waals surface area contributed by atoms with E-state index in [9.17, 15) is 40.8 Å². The molecule has 3 heterocycles. The van der Waals surface area contributed by atoms with E-state index in [-0.39, 0.29) is 70.3 Å². The predicted molar refractivity (Wildman–Crippen MR) is 207 cm³/mol. The fourth-order valence-corrected chi connectivity index (χ4v) is 9.37. The number of piperidine rings is 1. The second-order valence-electron chi connectivity index (χ2n) is 15.2. The molecule has 13 nitrogen and oxygen atoms in total. The number of halogens is 5. The van der Waals surface area contributed by atoms with E-state index in [1.54, 1.807) is 6.92 Å². The number of nitrogens with one attached hydrogen (secondary N) is 2. The van der Waals surface area contributed by atoms with Crippen molar-refractivity contribution in [1.82, 2.24) is 18.8 Å². The lowest BCUT2D eigenvalue weighted by atomic mass is 9.79. The lowest BCUT2D eigenvalue weighted by molar-refractivity contribution is -0.167. The number of amides is 1. The molecule has 0 unspecified atom stereocenters. The number of hydrogen-bond donors (Lipinski definition) is 2. The molecule has 0 radical (unpaired) electrons. The summed E-state index contributed by atoms with van der Waals surface area (Å²) >= 11 is 0. The smallest absolute Gasteiger partial charge is 0.453 e. The third kappa shape index (κ3) is 8.62. The summed E-state index contributed by atoms with van der Waals surface area (Å²) in [6, 6.07) is 11.9. The first-order chi connectivity index (χ1) is 28.0. The van der Waals surface area contributed by atoms with Crippen molar-refractivity contribution >= 4 is 38.4 Å². The zero-order chi connectivity index (χ0) is 42.3. The van der Waals surface area contributed by atoms with Gasteiger partial charge in [-0.1, -0.05) is 13.0 Å². The molecule has 0 bridgehead atoms. The van der Waals surface area contributed by atoms with Crippen molar-refractivity contribution in [3.63, 3.8) is 0 Å². The van der Waals surface area contributed by atoms with Crippen molar-refractivity contribution in [1.29, 1.82) is 5.26 Å². The average molecular weight is 844 g/mol. The molecular weight excluding hydrogens is 802 g/mol. The van der Waals surface area contributed by atoms with Gasteiger partial charge in [0, 0.05) is 44.0 Å². The first-order valence-corrected chi connectivity index (χ1v) is 20.7. The fourth-order valence-electron chi connectivity index (χ4n) is 8.42. The molecule has 2 N–H and O–H groups in total. The van der Waals surface area contributed by atoms with Gasteiger partial charge in [-0.25, -0.2) is 13.8 Å². The maximum atomic E-state index is 15.1. The molecule has 1 atom stereocenters. The molecule has 1 amide bonds. The van der Waals surface area contributed by atoms with Gasteiger partial charge in [0.15, 0.2) is 11.6 Å². The molecule has 1 aliphatic carbocycles. The normalized spacial score (nSPS) is 21.1. The number of fused-ring (bicyclic) bond motifs is 1. The van der Waals surface area contributed by atoms with Crippen molar-refractivity contribution in [3.8, 4) is 17.6 Å². The third-order valence-corrected chi connectivity index (χ3v) is 13.3. The molecule has 4 aromatic rings. The molecule has 7 rings (SSSR count). The van der Waals surface area contributed by atoms with Gasteiger partial charge in [-0.3, -0.25) is 18.9 Å². The largest absolute Gasteiger partial charge is 0.471 e. The molecule has 19 heteroatoms. The van der Waals surface area contributed by atoms with E-state index >= 15 is 4.39 Å². The van der Waals surface area contributed by atoms with Crippen molar-refractivity contribution in [2.75, 3.05) is 43.3 Å². The lowest BCUT2D eigenvalue weighted by Gasteiger charge is -2.44. The number of carbonyl (C=O) groups is 1. The van der Waals surface area contributed by atoms with Gasteiger partial charge in [-0.2, -0.15) is 31.2 Å². The van der Waals surface area contributed by atoms with E-state index in [1.165, 1.54) is 54.3 Å². The summed E-state index contributed by atoms with van der Waals surface area (Å²) in [7, 11) is -2.70. The van der Waals surface area contributed by atoms with Crippen molar-refractivity contribution in [2.24, 2.45) is 0 Å². The number of alkyl halides is 3. The maximum Gasteiger partial charge on any atom is 0.471 e. The van der Waals surface area contributed by atoms with Crippen molar-refractivity contribution < 1.29 is 44.6 Å². The van der Waals surface area contributed by atoms with Crippen LogP contribution in [0.25, 0.3) is 10.9 Å². The number of benzene rings is 3. The standard InChI is InChI=1S/C40H42F5N7O6S/c1-3-50(2)59(55,56)49-33-14-12-31(42)36(29(33)21-46)58-27-11-13-32-28(19-27)37(53)52(23-47-32)26-20-39(57-22-26)15-17-51(18-16-39)25-9-7-24(8-10-25)35-30(41)5-4-6-34(35)48-38(54)40(43,44)45/h4-6,11-14,19,23-26,49H,3,7-10,15-18,20,22H2,1-2H3,(H,48,54)/t24?,25?,26-/m1/s1. The number of nitriles is 1. The summed E-state index contributed by atoms with van der Waals surface area (Å²) in [6.45, 7) is 3.49. The Morgan fingerprint density at radius 1 is 1.05 bits per heavy atom. The van der Waals surface area contributed by atoms with Gasteiger partial charge in [-0.05, 0) is 93.3 Å². The summed E-state index contributed by atoms with van der Waals surface area (Å²) in [6.07, 6.45) is 0.843. The predicted octanol–water partition coefficient (Wildman–Crippen LogP) is 6.97. The Hall–Kier alpha value is -5.16. The van der Waals surface area contributed by atoms with Gasteiger partial charge in [-0.15, -0.1) is 0 Å². The summed E-state index contributed by atoms with van der Waals surface area (Å²) < 4.78 is 111. The van der Waals surface area contributed by atoms with E-state index in [4.69, 9.17) is 9.47 Å². The van der Waals surface area contributed by atoms with Gasteiger partial charge in [0.25, 0.3) is 5.56 Å². The minimum atomic E-state index is -5.10. The SMILES string of the molecule is CCN(C)S(=O)(=O)Nc1ccc(F)c(Oc2ccc3ncn([C@H]4COC5(CCN(C6CCC(c7c(F)cccc7NC(=O)C(F)(F)F)CC6)CC5)C4)c(=O)c3c2)c1C#N. The van der Waals surface area contributed by atoms with E-state index in [1.807, 2.05) is 11.4 Å². The quantitative estimate of drug-likeness (QED) is 0.161. The summed E-state index contributed by atoms with van der Waals surface area (Å²) in [4.78, 5) is 32.4. The fraction of sp³-hybridized carbons (Fsp3) is 0.450. The van der Waals surface area contributed by atoms with Crippen LogP contribution >= 0.6 is 0 Å². The van der Waals surface area contributed by atoms with Crippen LogP contribution in [0.1, 0.15) is 75.0 Å². The zero-order valence-corrected chi connectivity index (χ0v) is 33.0. The summed E-state index contributed by atoms with van der Waals surface area (Å²) in [5.74, 6) is -4.54. The van der Waals surface area contributed by atoms with E-state index in [0.29, 0.717) is 50.5 Å². The molecule has 1 aromatic heterocycles. The van der Waals surface area contributed by atoms with Gasteiger partial charge in [0.1, 0.15) is 23.2 Å². The Morgan fingerprint density at radius 2 is 1.78 bits per heavy atom. The van der Waals surface area contributed by atoms with Gasteiger partial charge < -0.3 is 19.7 Å². The van der Waals surface area contributed by atoms with Crippen molar-refractivity contribution in [3.05, 3.63) is 88.0 Å². The number of rotatable bonds is 10. The number of carbonyl (C=O) groups excluding carboxylic acids is 1. The summed E-state index contributed by atoms with van der Waals surface area (Å²) in [5, 5.41) is 11.9. The second-order valence-corrected chi connectivity index (χ2v) is 17.0. The minimum Gasteiger partial charge on any atom is -0.453 e. The van der Waals surface area contributed by atoms with Crippen LogP contribution in [0.15, 0.2) is 59.7 Å². The van der Waals surface area contributed by atoms with Gasteiger partial charge in [0.05, 0.1) is 41.2 Å². The topological polar surface area (TPSA) is 159 Å². The lowest BCUT2D eigenvalue weighted by Crippen LogP contribution is -2.49. The highest BCUT2D eigenvalue weighted by Gasteiger charge is 2.45. The first-order valence-electron chi connectivity index (χ1n) is 19.2. The number of ether oxygens (including phenoxy) is 2. The number of likely N-dealkylation sites (tertiary alicyclic amines) is 1. The molecule has 1 saturated carbocycles.